The Kier molecular flexibility index (Phi) is 8.67. The Bertz CT molecular complexity index is 778. The number of alkyl halides is 1. The summed E-state index contributed by atoms with van der Waals surface area (Å²) in [4.78, 5) is 0.605. The number of nitrogens with one attached hydrogen (secondary N) is 1. The Morgan fingerprint density at radius 2 is 1.59 bits per heavy atom. The first kappa shape index (κ1) is 22.3. The Morgan fingerprint density at radius 3 is 2.11 bits per heavy atom. The van der Waals surface area contributed by atoms with E-state index in [-0.39, 0.29) is 13.2 Å². The molecule has 0 radical (unpaired) electrons. The second-order valence-corrected chi connectivity index (χ2v) is 10.0. The predicted octanol–water partition coefficient (Wildman–Crippen LogP) is 5.18. The van der Waals surface area contributed by atoms with E-state index < -0.39 is 29.7 Å². The molecule has 1 N–H and O–H groups in total. The lowest BCUT2D eigenvalue weighted by Crippen LogP contribution is -2.31. The largest absolute Gasteiger partial charge is 0.350 e. The third kappa shape index (κ3) is 5.98. The van der Waals surface area contributed by atoms with E-state index in [4.69, 9.17) is 20.6 Å². The Balaban J connectivity index is 2.35. The number of aryl methyl sites for hydroxylation is 1. The van der Waals surface area contributed by atoms with E-state index in [1.54, 1.807) is 26.0 Å². The number of hydrogen-bond donors (Lipinski definition) is 1. The molecule has 148 valence electrons. The van der Waals surface area contributed by atoms with Gasteiger partial charge in [-0.05, 0) is 38.5 Å². The van der Waals surface area contributed by atoms with E-state index >= 15 is 0 Å². The van der Waals surface area contributed by atoms with Crippen LogP contribution in [0.1, 0.15) is 31.0 Å². The van der Waals surface area contributed by atoms with Gasteiger partial charge in [-0.25, -0.2) is 8.93 Å². The molecule has 27 heavy (non-hydrogen) atoms. The molecule has 0 saturated heterocycles. The average Bonchev–Trinajstić information content (AvgIpc) is 2.67. The molecule has 0 aliphatic heterocycles. The minimum atomic E-state index is -3.62. The number of benzene rings is 2. The van der Waals surface area contributed by atoms with Gasteiger partial charge in [0.2, 0.25) is 0 Å². The molecule has 0 spiro atoms. The summed E-state index contributed by atoms with van der Waals surface area (Å²) in [5, 5.41) is -1.05. The van der Waals surface area contributed by atoms with Crippen LogP contribution in [0.25, 0.3) is 0 Å². The average molecular weight is 430 g/mol. The van der Waals surface area contributed by atoms with Crippen LogP contribution in [0, 0.1) is 6.92 Å². The van der Waals surface area contributed by atoms with Crippen molar-refractivity contribution in [2.45, 2.75) is 36.8 Å². The summed E-state index contributed by atoms with van der Waals surface area (Å²) >= 11 is 6.59. The molecule has 0 fully saturated rings. The summed E-state index contributed by atoms with van der Waals surface area (Å²) < 4.78 is 39.8. The molecule has 2 aromatic carbocycles. The maximum atomic E-state index is 13.2. The van der Waals surface area contributed by atoms with Gasteiger partial charge >= 0.3 is 7.60 Å². The molecule has 0 saturated carbocycles. The molecule has 0 amide bonds. The lowest BCUT2D eigenvalue weighted by atomic mass is 10.1. The number of rotatable bonds is 10. The van der Waals surface area contributed by atoms with Gasteiger partial charge in [-0.15, -0.1) is 11.6 Å². The van der Waals surface area contributed by atoms with Crippen molar-refractivity contribution in [1.29, 1.82) is 0 Å². The second-order valence-electron chi connectivity index (χ2n) is 5.84. The van der Waals surface area contributed by atoms with Crippen LogP contribution in [0.4, 0.5) is 0 Å². The molecule has 3 atom stereocenters. The third-order valence-electron chi connectivity index (χ3n) is 3.82. The zero-order valence-corrected chi connectivity index (χ0v) is 18.1. The summed E-state index contributed by atoms with van der Waals surface area (Å²) in [6.07, 6.45) is 0. The van der Waals surface area contributed by atoms with Crippen molar-refractivity contribution in [3.63, 3.8) is 0 Å². The van der Waals surface area contributed by atoms with Gasteiger partial charge in [-0.3, -0.25) is 4.57 Å². The van der Waals surface area contributed by atoms with E-state index in [0.717, 1.165) is 11.1 Å². The van der Waals surface area contributed by atoms with Gasteiger partial charge in [0.1, 0.15) is 11.0 Å². The maximum Gasteiger partial charge on any atom is 0.350 e. The van der Waals surface area contributed by atoms with E-state index in [9.17, 15) is 8.77 Å². The highest BCUT2D eigenvalue weighted by molar-refractivity contribution is 7.83. The van der Waals surface area contributed by atoms with Gasteiger partial charge < -0.3 is 9.05 Å². The summed E-state index contributed by atoms with van der Waals surface area (Å²) in [5.41, 5.74) is 1.82. The first-order chi connectivity index (χ1) is 12.9. The topological polar surface area (TPSA) is 64.6 Å². The van der Waals surface area contributed by atoms with Crippen LogP contribution in [0.15, 0.2) is 59.5 Å². The van der Waals surface area contributed by atoms with Crippen LogP contribution in [0.5, 0.6) is 0 Å². The second kappa shape index (κ2) is 10.5. The molecule has 0 aromatic heterocycles. The molecule has 2 aromatic rings. The van der Waals surface area contributed by atoms with Crippen LogP contribution in [0.2, 0.25) is 0 Å². The molecule has 0 bridgehead atoms. The molecule has 5 nitrogen and oxygen atoms in total. The highest BCUT2D eigenvalue weighted by Crippen LogP contribution is 2.58. The van der Waals surface area contributed by atoms with Crippen molar-refractivity contribution in [2.24, 2.45) is 0 Å². The Labute approximate surface area is 168 Å². The maximum absolute atomic E-state index is 13.2. The standard InChI is InChI=1S/C19H25ClNO4PS/c1-4-24-26(22,25-5-2)19(20)18(16-9-7-6-8-10-16)21-27(23)17-13-11-15(3)12-14-17/h6-14,18-19,21H,4-5H2,1-3H3/t18-,19-,27?/m1/s1. The smallest absolute Gasteiger partial charge is 0.308 e. The molecule has 2 rings (SSSR count). The van der Waals surface area contributed by atoms with E-state index in [2.05, 4.69) is 4.72 Å². The fraction of sp³-hybridized carbons (Fsp3) is 0.368. The van der Waals surface area contributed by atoms with Crippen molar-refractivity contribution in [1.82, 2.24) is 4.72 Å². The van der Waals surface area contributed by atoms with Gasteiger partial charge in [0, 0.05) is 0 Å². The van der Waals surface area contributed by atoms with E-state index in [0.29, 0.717) is 4.90 Å². The monoisotopic (exact) mass is 429 g/mol. The minimum Gasteiger partial charge on any atom is -0.308 e. The Morgan fingerprint density at radius 1 is 1.04 bits per heavy atom. The molecule has 0 heterocycles. The van der Waals surface area contributed by atoms with Gasteiger partial charge in [-0.2, -0.15) is 0 Å². The predicted molar refractivity (Wildman–Crippen MR) is 110 cm³/mol. The highest BCUT2D eigenvalue weighted by atomic mass is 35.5. The number of hydrogen-bond acceptors (Lipinski definition) is 4. The van der Waals surface area contributed by atoms with Crippen molar-refractivity contribution in [2.75, 3.05) is 13.2 Å². The third-order valence-corrected chi connectivity index (χ3v) is 8.10. The zero-order valence-electron chi connectivity index (χ0n) is 15.6. The molecule has 0 aliphatic rings. The van der Waals surface area contributed by atoms with Crippen molar-refractivity contribution < 1.29 is 17.8 Å². The van der Waals surface area contributed by atoms with Crippen LogP contribution in [0.3, 0.4) is 0 Å². The highest BCUT2D eigenvalue weighted by Gasteiger charge is 2.41. The van der Waals surface area contributed by atoms with Crippen LogP contribution in [-0.2, 0) is 24.6 Å². The van der Waals surface area contributed by atoms with Gasteiger partial charge in [0.25, 0.3) is 0 Å². The van der Waals surface area contributed by atoms with Crippen LogP contribution in [-0.4, -0.2) is 22.5 Å². The van der Waals surface area contributed by atoms with Crippen molar-refractivity contribution in [3.05, 3.63) is 65.7 Å². The number of halogens is 1. The first-order valence-electron chi connectivity index (χ1n) is 8.73. The zero-order chi connectivity index (χ0) is 19.9. The SMILES string of the molecule is CCOP(=O)(OCC)[C@@H](Cl)[C@H](NS(=O)c1ccc(C)cc1)c1ccccc1. The van der Waals surface area contributed by atoms with E-state index in [1.807, 2.05) is 49.4 Å². The summed E-state index contributed by atoms with van der Waals surface area (Å²) in [6.45, 7) is 5.81. The summed E-state index contributed by atoms with van der Waals surface area (Å²) in [5.74, 6) is 0. The summed E-state index contributed by atoms with van der Waals surface area (Å²) in [7, 11) is -5.17. The normalized spacial score (nSPS) is 15.3. The summed E-state index contributed by atoms with van der Waals surface area (Å²) in [6, 6.07) is 15.9. The van der Waals surface area contributed by atoms with Gasteiger partial charge in [0.05, 0.1) is 24.2 Å². The molecule has 1 unspecified atom stereocenters. The lowest BCUT2D eigenvalue weighted by Gasteiger charge is -2.29. The lowest BCUT2D eigenvalue weighted by molar-refractivity contribution is 0.215. The quantitative estimate of drug-likeness (QED) is 0.417. The molecule has 8 heteroatoms. The fourth-order valence-electron chi connectivity index (χ4n) is 2.51. The van der Waals surface area contributed by atoms with Gasteiger partial charge in [0.15, 0.2) is 5.12 Å². The minimum absolute atomic E-state index is 0.197. The van der Waals surface area contributed by atoms with Gasteiger partial charge in [-0.1, -0.05) is 48.0 Å². The molecule has 0 aliphatic carbocycles. The Hall–Kier alpha value is -1.01. The van der Waals surface area contributed by atoms with Crippen molar-refractivity contribution in [3.8, 4) is 0 Å². The van der Waals surface area contributed by atoms with Crippen LogP contribution >= 0.6 is 19.2 Å². The van der Waals surface area contributed by atoms with Crippen molar-refractivity contribution >= 4 is 30.2 Å². The molecular weight excluding hydrogens is 405 g/mol. The van der Waals surface area contributed by atoms with Crippen LogP contribution < -0.4 is 4.72 Å². The fourth-order valence-corrected chi connectivity index (χ4v) is 5.95. The first-order valence-corrected chi connectivity index (χ1v) is 11.9. The molecular formula is C19H25ClNO4PS. The van der Waals surface area contributed by atoms with E-state index in [1.165, 1.54) is 0 Å².